The summed E-state index contributed by atoms with van der Waals surface area (Å²) >= 11 is 1.29. The number of thiazole rings is 1. The average molecular weight is 423 g/mol. The maximum absolute atomic E-state index is 12.3. The van der Waals surface area contributed by atoms with Crippen LogP contribution in [-0.4, -0.2) is 24.0 Å². The number of hydrogen-bond acceptors (Lipinski definition) is 6. The van der Waals surface area contributed by atoms with Crippen molar-refractivity contribution in [2.45, 2.75) is 20.5 Å². The quantitative estimate of drug-likeness (QED) is 0.400. The number of aromatic nitrogens is 1. The normalized spacial score (nSPS) is 10.8. The Morgan fingerprint density at radius 2 is 1.87 bits per heavy atom. The zero-order valence-electron chi connectivity index (χ0n) is 17.0. The summed E-state index contributed by atoms with van der Waals surface area (Å²) in [4.78, 5) is 30.2. The Kier molecular flexibility index (Phi) is 6.98. The van der Waals surface area contributed by atoms with E-state index in [1.165, 1.54) is 29.2 Å². The molecule has 0 bridgehead atoms. The van der Waals surface area contributed by atoms with Crippen LogP contribution >= 0.6 is 11.3 Å². The van der Waals surface area contributed by atoms with Crippen molar-refractivity contribution >= 4 is 40.1 Å². The lowest BCUT2D eigenvalue weighted by Crippen LogP contribution is -2.23. The van der Waals surface area contributed by atoms with E-state index < -0.39 is 5.97 Å². The van der Waals surface area contributed by atoms with Crippen LogP contribution in [0.1, 0.15) is 23.7 Å². The molecule has 0 N–H and O–H groups in total. The van der Waals surface area contributed by atoms with Crippen molar-refractivity contribution in [3.8, 4) is 5.75 Å². The number of esters is 1. The summed E-state index contributed by atoms with van der Waals surface area (Å²) in [7, 11) is 1.55. The molecule has 0 aliphatic carbocycles. The molecule has 7 heteroatoms. The zero-order chi connectivity index (χ0) is 21.5. The van der Waals surface area contributed by atoms with Gasteiger partial charge < -0.3 is 9.47 Å². The monoisotopic (exact) mass is 422 g/mol. The van der Waals surface area contributed by atoms with Gasteiger partial charge in [-0.2, -0.15) is 0 Å². The van der Waals surface area contributed by atoms with Crippen LogP contribution < -0.4 is 9.64 Å². The number of para-hydroxylation sites is 2. The highest BCUT2D eigenvalue weighted by atomic mass is 32.1. The fourth-order valence-corrected chi connectivity index (χ4v) is 3.59. The van der Waals surface area contributed by atoms with Crippen LogP contribution in [0.25, 0.3) is 6.08 Å². The maximum Gasteiger partial charge on any atom is 0.331 e. The van der Waals surface area contributed by atoms with Gasteiger partial charge >= 0.3 is 5.97 Å². The molecule has 0 aliphatic rings. The topological polar surface area (TPSA) is 68.7 Å². The molecular formula is C23H22N2O4S. The highest BCUT2D eigenvalue weighted by Gasteiger charge is 2.21. The van der Waals surface area contributed by atoms with Gasteiger partial charge in [0.25, 0.3) is 0 Å². The summed E-state index contributed by atoms with van der Waals surface area (Å²) in [6.07, 6.45) is 3.09. The van der Waals surface area contributed by atoms with E-state index in [0.29, 0.717) is 22.3 Å². The highest BCUT2D eigenvalue weighted by molar-refractivity contribution is 7.14. The first kappa shape index (κ1) is 21.3. The second-order valence-electron chi connectivity index (χ2n) is 6.50. The fourth-order valence-electron chi connectivity index (χ4n) is 2.72. The number of carbonyl (C=O) groups excluding carboxylic acids is 2. The van der Waals surface area contributed by atoms with E-state index in [2.05, 4.69) is 4.98 Å². The van der Waals surface area contributed by atoms with Gasteiger partial charge in [-0.1, -0.05) is 42.0 Å². The van der Waals surface area contributed by atoms with Gasteiger partial charge in [0.2, 0.25) is 5.91 Å². The van der Waals surface area contributed by atoms with Crippen LogP contribution in [0.15, 0.2) is 60.0 Å². The Labute approximate surface area is 179 Å². The molecule has 2 aromatic carbocycles. The second-order valence-corrected chi connectivity index (χ2v) is 7.34. The number of methoxy groups -OCH3 is 1. The van der Waals surface area contributed by atoms with Gasteiger partial charge in [-0.15, -0.1) is 11.3 Å². The highest BCUT2D eigenvalue weighted by Crippen LogP contribution is 2.35. The Hall–Kier alpha value is -3.45. The number of hydrogen-bond donors (Lipinski definition) is 0. The molecule has 1 amide bonds. The number of rotatable bonds is 7. The smallest absolute Gasteiger partial charge is 0.331 e. The Balaban J connectivity index is 1.67. The molecule has 0 radical (unpaired) electrons. The molecule has 3 rings (SSSR count). The number of amides is 1. The lowest BCUT2D eigenvalue weighted by molar-refractivity contribution is -0.139. The summed E-state index contributed by atoms with van der Waals surface area (Å²) in [6, 6.07) is 15.0. The van der Waals surface area contributed by atoms with Crippen molar-refractivity contribution in [2.75, 3.05) is 12.0 Å². The molecule has 0 fully saturated rings. The number of anilines is 2. The predicted molar refractivity (Wildman–Crippen MR) is 118 cm³/mol. The van der Waals surface area contributed by atoms with Crippen LogP contribution in [0.2, 0.25) is 0 Å². The molecule has 3 aromatic rings. The van der Waals surface area contributed by atoms with Crippen molar-refractivity contribution in [3.05, 3.63) is 76.8 Å². The van der Waals surface area contributed by atoms with Gasteiger partial charge in [0, 0.05) is 18.4 Å². The first-order valence-corrected chi connectivity index (χ1v) is 10.2. The van der Waals surface area contributed by atoms with Gasteiger partial charge in [0.1, 0.15) is 12.4 Å². The number of carbonyl (C=O) groups is 2. The van der Waals surface area contributed by atoms with Crippen LogP contribution in [0, 0.1) is 6.92 Å². The van der Waals surface area contributed by atoms with Crippen molar-refractivity contribution in [1.29, 1.82) is 0 Å². The summed E-state index contributed by atoms with van der Waals surface area (Å²) in [5.74, 6) is -0.0891. The first-order chi connectivity index (χ1) is 14.5. The number of aryl methyl sites for hydroxylation is 1. The molecule has 6 nitrogen and oxygen atoms in total. The van der Waals surface area contributed by atoms with Crippen molar-refractivity contribution < 1.29 is 19.1 Å². The lowest BCUT2D eigenvalue weighted by Gasteiger charge is -2.20. The van der Waals surface area contributed by atoms with Crippen LogP contribution in [-0.2, 0) is 20.9 Å². The molecule has 1 heterocycles. The van der Waals surface area contributed by atoms with Crippen LogP contribution in [0.4, 0.5) is 10.8 Å². The molecule has 30 heavy (non-hydrogen) atoms. The number of benzene rings is 2. The van der Waals surface area contributed by atoms with E-state index in [0.717, 1.165) is 11.1 Å². The van der Waals surface area contributed by atoms with E-state index in [9.17, 15) is 9.59 Å². The van der Waals surface area contributed by atoms with Gasteiger partial charge in [0.05, 0.1) is 18.5 Å². The van der Waals surface area contributed by atoms with Gasteiger partial charge in [-0.05, 0) is 30.7 Å². The van der Waals surface area contributed by atoms with Crippen molar-refractivity contribution in [3.63, 3.8) is 0 Å². The Morgan fingerprint density at radius 3 is 2.57 bits per heavy atom. The van der Waals surface area contributed by atoms with Crippen molar-refractivity contribution in [1.82, 2.24) is 4.98 Å². The predicted octanol–water partition coefficient (Wildman–Crippen LogP) is 4.90. The number of ether oxygens (including phenoxy) is 2. The molecule has 0 saturated carbocycles. The average Bonchev–Trinajstić information content (AvgIpc) is 3.20. The molecule has 0 spiro atoms. The second kappa shape index (κ2) is 9.84. The standard InChI is InChI=1S/C23H22N2O4S/c1-16-8-10-18(11-9-16)12-13-22(27)29-14-19-15-30-23(24-19)25(17(2)26)20-6-4-5-7-21(20)28-3/h4-13,15H,14H2,1-3H3/b13-12+. The van der Waals surface area contributed by atoms with Crippen LogP contribution in [0.5, 0.6) is 5.75 Å². The lowest BCUT2D eigenvalue weighted by atomic mass is 10.1. The Bertz CT molecular complexity index is 1060. The van der Waals surface area contributed by atoms with E-state index in [1.807, 2.05) is 43.3 Å². The van der Waals surface area contributed by atoms with Crippen LogP contribution in [0.3, 0.4) is 0 Å². The van der Waals surface area contributed by atoms with E-state index in [1.54, 1.807) is 30.7 Å². The number of nitrogens with zero attached hydrogens (tertiary/aromatic N) is 2. The SMILES string of the molecule is COc1ccccc1N(C(C)=O)c1nc(COC(=O)/C=C/c2ccc(C)cc2)cs1. The first-order valence-electron chi connectivity index (χ1n) is 9.27. The van der Waals surface area contributed by atoms with Gasteiger partial charge in [-0.25, -0.2) is 9.78 Å². The minimum atomic E-state index is -0.460. The summed E-state index contributed by atoms with van der Waals surface area (Å²) < 4.78 is 10.6. The van der Waals surface area contributed by atoms with Gasteiger partial charge in [-0.3, -0.25) is 9.69 Å². The molecule has 0 unspecified atom stereocenters. The summed E-state index contributed by atoms with van der Waals surface area (Å²) in [6.45, 7) is 3.49. The molecule has 1 aromatic heterocycles. The van der Waals surface area contributed by atoms with E-state index in [-0.39, 0.29) is 12.5 Å². The maximum atomic E-state index is 12.3. The molecule has 154 valence electrons. The fraction of sp³-hybridized carbons (Fsp3) is 0.174. The molecule has 0 aliphatic heterocycles. The Morgan fingerprint density at radius 1 is 1.13 bits per heavy atom. The largest absolute Gasteiger partial charge is 0.495 e. The third kappa shape index (κ3) is 5.33. The zero-order valence-corrected chi connectivity index (χ0v) is 17.8. The summed E-state index contributed by atoms with van der Waals surface area (Å²) in [5, 5.41) is 2.24. The molecule has 0 atom stereocenters. The molecule has 0 saturated heterocycles. The summed E-state index contributed by atoms with van der Waals surface area (Å²) in [5.41, 5.74) is 3.24. The third-order valence-electron chi connectivity index (χ3n) is 4.22. The van der Waals surface area contributed by atoms with E-state index in [4.69, 9.17) is 9.47 Å². The third-order valence-corrected chi connectivity index (χ3v) is 5.10. The van der Waals surface area contributed by atoms with Gasteiger partial charge in [0.15, 0.2) is 5.13 Å². The minimum absolute atomic E-state index is 0.0191. The molecular weight excluding hydrogens is 400 g/mol. The van der Waals surface area contributed by atoms with Crippen molar-refractivity contribution in [2.24, 2.45) is 0 Å². The minimum Gasteiger partial charge on any atom is -0.495 e. The van der Waals surface area contributed by atoms with E-state index >= 15 is 0 Å².